The van der Waals surface area contributed by atoms with Crippen LogP contribution in [0.15, 0.2) is 24.5 Å². The molecule has 2 rings (SSSR count). The van der Waals surface area contributed by atoms with Gasteiger partial charge >= 0.3 is 0 Å². The highest BCUT2D eigenvalue weighted by atomic mass is 15.3. The van der Waals surface area contributed by atoms with Gasteiger partial charge in [0.05, 0.1) is 6.20 Å². The van der Waals surface area contributed by atoms with Gasteiger partial charge in [0.15, 0.2) is 0 Å². The van der Waals surface area contributed by atoms with Gasteiger partial charge in [0.1, 0.15) is 0 Å². The molecule has 86 valence electrons. The van der Waals surface area contributed by atoms with Gasteiger partial charge in [-0.05, 0) is 26.0 Å². The molecule has 0 aliphatic rings. The van der Waals surface area contributed by atoms with Crippen LogP contribution in [-0.2, 0) is 19.6 Å². The van der Waals surface area contributed by atoms with Gasteiger partial charge in [-0.3, -0.25) is 4.68 Å². The van der Waals surface area contributed by atoms with Crippen molar-refractivity contribution in [2.24, 2.45) is 0 Å². The highest BCUT2D eigenvalue weighted by Crippen LogP contribution is 2.06. The summed E-state index contributed by atoms with van der Waals surface area (Å²) in [5, 5.41) is 7.72. The molecule has 0 saturated carbocycles. The molecular weight excluding hydrogens is 200 g/mol. The zero-order valence-corrected chi connectivity index (χ0v) is 9.83. The predicted molar refractivity (Wildman–Crippen MR) is 64.0 cm³/mol. The summed E-state index contributed by atoms with van der Waals surface area (Å²) in [6.45, 7) is 6.88. The van der Waals surface area contributed by atoms with Crippen molar-refractivity contribution < 1.29 is 0 Å². The third-order valence-electron chi connectivity index (χ3n) is 2.80. The van der Waals surface area contributed by atoms with Crippen LogP contribution in [0.2, 0.25) is 0 Å². The maximum Gasteiger partial charge on any atom is 0.0537 e. The van der Waals surface area contributed by atoms with Gasteiger partial charge in [0, 0.05) is 42.8 Å². The molecule has 0 aromatic carbocycles. The largest absolute Gasteiger partial charge is 0.364 e. The summed E-state index contributed by atoms with van der Waals surface area (Å²) in [6, 6.07) is 4.09. The van der Waals surface area contributed by atoms with Crippen molar-refractivity contribution >= 4 is 0 Å². The van der Waals surface area contributed by atoms with Crippen LogP contribution >= 0.6 is 0 Å². The third kappa shape index (κ3) is 2.33. The number of hydrogen-bond donors (Lipinski definition) is 2. The van der Waals surface area contributed by atoms with Gasteiger partial charge in [0.2, 0.25) is 0 Å². The molecule has 2 N–H and O–H groups in total. The molecule has 0 spiro atoms. The van der Waals surface area contributed by atoms with Crippen molar-refractivity contribution in [3.63, 3.8) is 0 Å². The minimum absolute atomic E-state index is 0.865. The van der Waals surface area contributed by atoms with Crippen molar-refractivity contribution in [3.8, 4) is 0 Å². The van der Waals surface area contributed by atoms with E-state index in [9.17, 15) is 0 Å². The van der Waals surface area contributed by atoms with E-state index in [4.69, 9.17) is 0 Å². The number of aryl methyl sites for hydroxylation is 1. The first-order valence-corrected chi connectivity index (χ1v) is 5.65. The summed E-state index contributed by atoms with van der Waals surface area (Å²) < 4.78 is 2.02. The fraction of sp³-hybridized carbons (Fsp3) is 0.417. The minimum atomic E-state index is 0.865. The summed E-state index contributed by atoms with van der Waals surface area (Å²) in [4.78, 5) is 3.17. The van der Waals surface area contributed by atoms with Crippen molar-refractivity contribution in [1.82, 2.24) is 20.1 Å². The normalized spacial score (nSPS) is 10.9. The van der Waals surface area contributed by atoms with Gasteiger partial charge < -0.3 is 10.3 Å². The van der Waals surface area contributed by atoms with Crippen LogP contribution in [-0.4, -0.2) is 14.8 Å². The summed E-state index contributed by atoms with van der Waals surface area (Å²) >= 11 is 0. The summed E-state index contributed by atoms with van der Waals surface area (Å²) in [5.74, 6) is 0. The molecule has 2 heterocycles. The van der Waals surface area contributed by atoms with Crippen molar-refractivity contribution in [1.29, 1.82) is 0 Å². The van der Waals surface area contributed by atoms with Crippen LogP contribution in [0.4, 0.5) is 0 Å². The Balaban J connectivity index is 1.87. The lowest BCUT2D eigenvalue weighted by atomic mass is 10.2. The Labute approximate surface area is 95.7 Å². The minimum Gasteiger partial charge on any atom is -0.364 e. The number of H-pyrrole nitrogens is 1. The van der Waals surface area contributed by atoms with E-state index in [1.54, 1.807) is 0 Å². The molecule has 4 heteroatoms. The summed E-state index contributed by atoms with van der Waals surface area (Å²) in [5.41, 5.74) is 3.73. The summed E-state index contributed by atoms with van der Waals surface area (Å²) in [6.07, 6.45) is 3.89. The smallest absolute Gasteiger partial charge is 0.0537 e. The molecule has 0 amide bonds. The fourth-order valence-corrected chi connectivity index (χ4v) is 1.79. The van der Waals surface area contributed by atoms with Crippen molar-refractivity contribution in [2.75, 3.05) is 0 Å². The quantitative estimate of drug-likeness (QED) is 0.804. The molecule has 16 heavy (non-hydrogen) atoms. The fourth-order valence-electron chi connectivity index (χ4n) is 1.79. The van der Waals surface area contributed by atoms with E-state index in [0.717, 1.165) is 19.6 Å². The Morgan fingerprint density at radius 2 is 2.31 bits per heavy atom. The van der Waals surface area contributed by atoms with Crippen LogP contribution in [0.25, 0.3) is 0 Å². The predicted octanol–water partition coefficient (Wildman–Crippen LogP) is 1.83. The third-order valence-corrected chi connectivity index (χ3v) is 2.80. The standard InChI is InChI=1S/C12H18N4/c1-3-16-10(2)11(8-15-16)7-13-9-12-5-4-6-14-12/h4-6,8,13-14H,3,7,9H2,1-2H3. The van der Waals surface area contributed by atoms with E-state index in [0.29, 0.717) is 0 Å². The van der Waals surface area contributed by atoms with Gasteiger partial charge in [-0.25, -0.2) is 0 Å². The number of nitrogens with one attached hydrogen (secondary N) is 2. The Morgan fingerprint density at radius 1 is 1.44 bits per heavy atom. The van der Waals surface area contributed by atoms with Crippen molar-refractivity contribution in [3.05, 3.63) is 41.5 Å². The van der Waals surface area contributed by atoms with Crippen LogP contribution < -0.4 is 5.32 Å². The monoisotopic (exact) mass is 218 g/mol. The first kappa shape index (κ1) is 11.0. The van der Waals surface area contributed by atoms with Crippen LogP contribution in [0.5, 0.6) is 0 Å². The molecule has 2 aromatic rings. The molecule has 0 aliphatic carbocycles. The average Bonchev–Trinajstić information content (AvgIpc) is 2.90. The molecule has 2 aromatic heterocycles. The lowest BCUT2D eigenvalue weighted by molar-refractivity contribution is 0.633. The van der Waals surface area contributed by atoms with E-state index in [-0.39, 0.29) is 0 Å². The Bertz CT molecular complexity index is 428. The second-order valence-electron chi connectivity index (χ2n) is 3.87. The lowest BCUT2D eigenvalue weighted by Crippen LogP contribution is -2.13. The van der Waals surface area contributed by atoms with Gasteiger partial charge in [-0.15, -0.1) is 0 Å². The first-order chi connectivity index (χ1) is 7.81. The second kappa shape index (κ2) is 4.99. The highest BCUT2D eigenvalue weighted by Gasteiger charge is 2.04. The average molecular weight is 218 g/mol. The maximum atomic E-state index is 4.32. The number of nitrogens with zero attached hydrogens (tertiary/aromatic N) is 2. The Morgan fingerprint density at radius 3 is 2.94 bits per heavy atom. The molecule has 0 aliphatic heterocycles. The number of hydrogen-bond acceptors (Lipinski definition) is 2. The zero-order chi connectivity index (χ0) is 11.4. The number of aromatic nitrogens is 3. The van der Waals surface area contributed by atoms with E-state index in [1.807, 2.05) is 23.1 Å². The second-order valence-corrected chi connectivity index (χ2v) is 3.87. The number of rotatable bonds is 5. The van der Waals surface area contributed by atoms with E-state index in [2.05, 4.69) is 35.3 Å². The molecule has 0 saturated heterocycles. The van der Waals surface area contributed by atoms with E-state index >= 15 is 0 Å². The molecule has 0 unspecified atom stereocenters. The molecule has 0 fully saturated rings. The van der Waals surface area contributed by atoms with Crippen LogP contribution in [0.3, 0.4) is 0 Å². The van der Waals surface area contributed by atoms with Gasteiger partial charge in [-0.1, -0.05) is 0 Å². The topological polar surface area (TPSA) is 45.6 Å². The van der Waals surface area contributed by atoms with Gasteiger partial charge in [0.25, 0.3) is 0 Å². The Hall–Kier alpha value is -1.55. The van der Waals surface area contributed by atoms with Crippen LogP contribution in [0.1, 0.15) is 23.9 Å². The maximum absolute atomic E-state index is 4.32. The molecule has 4 nitrogen and oxygen atoms in total. The molecule has 0 atom stereocenters. The van der Waals surface area contributed by atoms with E-state index < -0.39 is 0 Å². The SMILES string of the molecule is CCn1ncc(CNCc2ccc[nH]2)c1C. The first-order valence-electron chi connectivity index (χ1n) is 5.65. The van der Waals surface area contributed by atoms with Crippen LogP contribution in [0, 0.1) is 6.92 Å². The van der Waals surface area contributed by atoms with Crippen molar-refractivity contribution in [2.45, 2.75) is 33.5 Å². The van der Waals surface area contributed by atoms with E-state index in [1.165, 1.54) is 17.0 Å². The summed E-state index contributed by atoms with van der Waals surface area (Å²) in [7, 11) is 0. The zero-order valence-electron chi connectivity index (χ0n) is 9.83. The Kier molecular flexibility index (Phi) is 3.41. The molecule has 0 bridgehead atoms. The lowest BCUT2D eigenvalue weighted by Gasteiger charge is -2.04. The molecule has 0 radical (unpaired) electrons. The van der Waals surface area contributed by atoms with Gasteiger partial charge in [-0.2, -0.15) is 5.10 Å². The molecular formula is C12H18N4. The number of aromatic amines is 1. The highest BCUT2D eigenvalue weighted by molar-refractivity contribution is 5.16.